The summed E-state index contributed by atoms with van der Waals surface area (Å²) < 4.78 is 5.21. The van der Waals surface area contributed by atoms with Gasteiger partial charge in [-0.1, -0.05) is 103 Å². The molecule has 0 fully saturated rings. The Kier molecular flexibility index (Phi) is 21.4. The zero-order chi connectivity index (χ0) is 20.2. The fraction of sp³-hybridized carbons (Fsp3) is 0.955. The van der Waals surface area contributed by atoms with Gasteiger partial charge in [0.25, 0.3) is 0 Å². The Bertz CT molecular complexity index is 329. The van der Waals surface area contributed by atoms with Gasteiger partial charge in [-0.25, -0.2) is 0 Å². The van der Waals surface area contributed by atoms with Crippen LogP contribution in [0.5, 0.6) is 0 Å². The largest absolute Gasteiger partial charge is 0.380 e. The Balaban J connectivity index is 3.41. The second-order valence-electron chi connectivity index (χ2n) is 7.44. The van der Waals surface area contributed by atoms with Gasteiger partial charge in [0.05, 0.1) is 6.61 Å². The van der Waals surface area contributed by atoms with Gasteiger partial charge in [0.1, 0.15) is 0 Å². The normalized spacial score (nSPS) is 13.5. The van der Waals surface area contributed by atoms with E-state index >= 15 is 0 Å². The van der Waals surface area contributed by atoms with Crippen LogP contribution in [0.15, 0.2) is 0 Å². The molecular formula is C22H43Br2NO2. The fourth-order valence-electron chi connectivity index (χ4n) is 3.13. The van der Waals surface area contributed by atoms with E-state index in [0.29, 0.717) is 35.8 Å². The number of halogens is 2. The maximum absolute atomic E-state index is 11.6. The van der Waals surface area contributed by atoms with Gasteiger partial charge in [-0.3, -0.25) is 4.79 Å². The topological polar surface area (TPSA) is 38.3 Å². The van der Waals surface area contributed by atoms with Gasteiger partial charge < -0.3 is 10.1 Å². The average molecular weight is 513 g/mol. The lowest BCUT2D eigenvalue weighted by atomic mass is 10.0. The van der Waals surface area contributed by atoms with Crippen LogP contribution in [0.2, 0.25) is 0 Å². The Hall–Kier alpha value is 0.390. The van der Waals surface area contributed by atoms with Crippen LogP contribution in [0.25, 0.3) is 0 Å². The second kappa shape index (κ2) is 21.1. The third-order valence-corrected chi connectivity index (χ3v) is 7.78. The number of unbranched alkanes of at least 4 members (excludes halogenated alkanes) is 9. The van der Waals surface area contributed by atoms with Crippen molar-refractivity contribution in [3.05, 3.63) is 0 Å². The summed E-state index contributed by atoms with van der Waals surface area (Å²) in [6, 6.07) is 0. The van der Waals surface area contributed by atoms with Crippen LogP contribution in [-0.2, 0) is 9.53 Å². The minimum absolute atomic E-state index is 0.159. The van der Waals surface area contributed by atoms with E-state index in [0.717, 1.165) is 12.8 Å². The monoisotopic (exact) mass is 511 g/mol. The number of carbonyl (C=O) groups is 1. The predicted octanol–water partition coefficient (Wildman–Crippen LogP) is 7.15. The molecule has 0 aromatic rings. The molecule has 0 radical (unpaired) electrons. The van der Waals surface area contributed by atoms with Crippen molar-refractivity contribution in [1.29, 1.82) is 0 Å². The van der Waals surface area contributed by atoms with Crippen LogP contribution in [0.3, 0.4) is 0 Å². The summed E-state index contributed by atoms with van der Waals surface area (Å²) in [5, 5.41) is 2.90. The van der Waals surface area contributed by atoms with E-state index in [1.165, 1.54) is 70.6 Å². The van der Waals surface area contributed by atoms with Crippen LogP contribution in [0, 0.1) is 0 Å². The molecule has 1 amide bonds. The second-order valence-corrected chi connectivity index (χ2v) is 9.79. The molecule has 0 bridgehead atoms. The molecule has 2 atom stereocenters. The van der Waals surface area contributed by atoms with E-state index in [-0.39, 0.29) is 5.91 Å². The Morgan fingerprint density at radius 1 is 0.815 bits per heavy atom. The van der Waals surface area contributed by atoms with Crippen molar-refractivity contribution in [2.45, 2.75) is 113 Å². The molecule has 0 aliphatic heterocycles. The maximum atomic E-state index is 11.6. The minimum Gasteiger partial charge on any atom is -0.380 e. The number of ether oxygens (including phenoxy) is 1. The number of nitrogens with one attached hydrogen (secondary N) is 1. The first-order valence-corrected chi connectivity index (χ1v) is 13.1. The van der Waals surface area contributed by atoms with Gasteiger partial charge in [-0.05, 0) is 26.2 Å². The molecule has 162 valence electrons. The van der Waals surface area contributed by atoms with Crippen LogP contribution in [0.1, 0.15) is 104 Å². The smallest absolute Gasteiger partial charge is 0.220 e. The van der Waals surface area contributed by atoms with Crippen LogP contribution < -0.4 is 5.32 Å². The maximum Gasteiger partial charge on any atom is 0.220 e. The minimum atomic E-state index is 0.159. The van der Waals surface area contributed by atoms with Crippen LogP contribution in [0.4, 0.5) is 0 Å². The van der Waals surface area contributed by atoms with Crippen molar-refractivity contribution in [2.24, 2.45) is 0 Å². The van der Waals surface area contributed by atoms with Gasteiger partial charge in [0.15, 0.2) is 0 Å². The lowest BCUT2D eigenvalue weighted by Crippen LogP contribution is -2.26. The van der Waals surface area contributed by atoms with E-state index in [2.05, 4.69) is 44.1 Å². The third-order valence-electron chi connectivity index (χ3n) is 4.88. The number of hydrogen-bond donors (Lipinski definition) is 1. The summed E-state index contributed by atoms with van der Waals surface area (Å²) in [4.78, 5) is 12.8. The molecule has 0 aromatic carbocycles. The van der Waals surface area contributed by atoms with Crippen molar-refractivity contribution < 1.29 is 9.53 Å². The summed E-state index contributed by atoms with van der Waals surface area (Å²) in [6.07, 6.45) is 17.3. The van der Waals surface area contributed by atoms with Gasteiger partial charge in [-0.2, -0.15) is 0 Å². The summed E-state index contributed by atoms with van der Waals surface area (Å²) in [7, 11) is 0. The highest BCUT2D eigenvalue weighted by Crippen LogP contribution is 2.25. The molecule has 0 spiro atoms. The molecular weight excluding hydrogens is 470 g/mol. The SMILES string of the molecule is CCCCCCCCC(Br)C(Br)CCCCCCCC(=O)NCCOCC. The Morgan fingerprint density at radius 3 is 1.89 bits per heavy atom. The molecule has 0 saturated heterocycles. The summed E-state index contributed by atoms with van der Waals surface area (Å²) >= 11 is 7.73. The van der Waals surface area contributed by atoms with E-state index in [4.69, 9.17) is 4.74 Å². The van der Waals surface area contributed by atoms with Gasteiger partial charge in [-0.15, -0.1) is 0 Å². The molecule has 2 unspecified atom stereocenters. The predicted molar refractivity (Wildman–Crippen MR) is 125 cm³/mol. The summed E-state index contributed by atoms with van der Waals surface area (Å²) in [5.74, 6) is 0.159. The number of alkyl halides is 2. The van der Waals surface area contributed by atoms with Crippen molar-refractivity contribution in [2.75, 3.05) is 19.8 Å². The van der Waals surface area contributed by atoms with Crippen LogP contribution >= 0.6 is 31.9 Å². The lowest BCUT2D eigenvalue weighted by Gasteiger charge is -2.16. The van der Waals surface area contributed by atoms with Crippen molar-refractivity contribution in [1.82, 2.24) is 5.32 Å². The molecule has 0 rings (SSSR count). The van der Waals surface area contributed by atoms with E-state index in [1.807, 2.05) is 6.92 Å². The third kappa shape index (κ3) is 19.5. The molecule has 0 heterocycles. The number of hydrogen-bond acceptors (Lipinski definition) is 2. The highest BCUT2D eigenvalue weighted by molar-refractivity contribution is 9.12. The standard InChI is InChI=1S/C22H43Br2NO2/c1-3-5-6-7-9-12-15-20(23)21(24)16-13-10-8-11-14-17-22(26)25-18-19-27-4-2/h20-21H,3-19H2,1-2H3,(H,25,26). The lowest BCUT2D eigenvalue weighted by molar-refractivity contribution is -0.121. The summed E-state index contributed by atoms with van der Waals surface area (Å²) in [5.41, 5.74) is 0. The van der Waals surface area contributed by atoms with E-state index in [9.17, 15) is 4.79 Å². The first-order valence-electron chi connectivity index (χ1n) is 11.2. The zero-order valence-corrected chi connectivity index (χ0v) is 20.9. The molecule has 0 saturated carbocycles. The van der Waals surface area contributed by atoms with Gasteiger partial charge in [0.2, 0.25) is 5.91 Å². The number of rotatable bonds is 20. The fourth-order valence-corrected chi connectivity index (χ4v) is 4.31. The molecule has 27 heavy (non-hydrogen) atoms. The molecule has 0 aliphatic carbocycles. The highest BCUT2D eigenvalue weighted by atomic mass is 79.9. The quantitative estimate of drug-likeness (QED) is 0.139. The molecule has 0 aliphatic rings. The Morgan fingerprint density at radius 2 is 1.33 bits per heavy atom. The molecule has 3 nitrogen and oxygen atoms in total. The van der Waals surface area contributed by atoms with Crippen LogP contribution in [-0.4, -0.2) is 35.3 Å². The molecule has 1 N–H and O–H groups in total. The number of amides is 1. The Labute approximate surface area is 185 Å². The summed E-state index contributed by atoms with van der Waals surface area (Å²) in [6.45, 7) is 6.19. The van der Waals surface area contributed by atoms with Crippen molar-refractivity contribution >= 4 is 37.8 Å². The highest BCUT2D eigenvalue weighted by Gasteiger charge is 2.14. The number of carbonyl (C=O) groups excluding carboxylic acids is 1. The first kappa shape index (κ1) is 27.4. The zero-order valence-electron chi connectivity index (χ0n) is 17.7. The van der Waals surface area contributed by atoms with Gasteiger partial charge >= 0.3 is 0 Å². The first-order chi connectivity index (χ1) is 13.1. The molecule has 0 aromatic heterocycles. The molecule has 5 heteroatoms. The van der Waals surface area contributed by atoms with E-state index in [1.54, 1.807) is 0 Å². The van der Waals surface area contributed by atoms with Crippen molar-refractivity contribution in [3.63, 3.8) is 0 Å². The van der Waals surface area contributed by atoms with E-state index < -0.39 is 0 Å². The van der Waals surface area contributed by atoms with Crippen molar-refractivity contribution in [3.8, 4) is 0 Å². The average Bonchev–Trinajstić information content (AvgIpc) is 2.66. The van der Waals surface area contributed by atoms with Gasteiger partial charge in [0, 0.05) is 29.2 Å².